The number of nitrogens with zero attached hydrogens (tertiary/aromatic N) is 3. The third kappa shape index (κ3) is 3.63. The Bertz CT molecular complexity index is 837. The van der Waals surface area contributed by atoms with Crippen LogP contribution in [0.5, 0.6) is 0 Å². The highest BCUT2D eigenvalue weighted by Gasteiger charge is 2.32. The Balaban J connectivity index is 1.72. The lowest BCUT2D eigenvalue weighted by molar-refractivity contribution is -0.120. The van der Waals surface area contributed by atoms with E-state index in [9.17, 15) is 13.2 Å². The molecule has 126 valence electrons. The maximum absolute atomic E-state index is 12.6. The van der Waals surface area contributed by atoms with E-state index in [1.54, 1.807) is 30.5 Å². The fraction of sp³-hybridized carbons (Fsp3) is 0.294. The average molecular weight is 345 g/mol. The van der Waals surface area contributed by atoms with Crippen molar-refractivity contribution in [1.29, 1.82) is 0 Å². The number of hydrogen-bond donors (Lipinski definition) is 0. The predicted molar refractivity (Wildman–Crippen MR) is 92.0 cm³/mol. The van der Waals surface area contributed by atoms with Crippen LogP contribution in [0.25, 0.3) is 0 Å². The van der Waals surface area contributed by atoms with Crippen molar-refractivity contribution in [3.05, 3.63) is 59.8 Å². The van der Waals surface area contributed by atoms with Crippen molar-refractivity contribution < 1.29 is 13.2 Å². The van der Waals surface area contributed by atoms with Gasteiger partial charge < -0.3 is 0 Å². The van der Waals surface area contributed by atoms with E-state index in [4.69, 9.17) is 0 Å². The van der Waals surface area contributed by atoms with Gasteiger partial charge in [0.2, 0.25) is 15.9 Å². The van der Waals surface area contributed by atoms with Crippen molar-refractivity contribution in [1.82, 2.24) is 9.29 Å². The van der Waals surface area contributed by atoms with Gasteiger partial charge in [0.1, 0.15) is 5.82 Å². The van der Waals surface area contributed by atoms with Crippen LogP contribution in [0.1, 0.15) is 11.1 Å². The third-order valence-corrected chi connectivity index (χ3v) is 5.73. The van der Waals surface area contributed by atoms with E-state index in [1.165, 1.54) is 9.21 Å². The summed E-state index contributed by atoms with van der Waals surface area (Å²) in [5.74, 6) is 0.206. The molecule has 3 rings (SSSR count). The summed E-state index contributed by atoms with van der Waals surface area (Å²) in [5, 5.41) is 0. The van der Waals surface area contributed by atoms with Crippen LogP contribution in [0.4, 0.5) is 5.82 Å². The minimum absolute atomic E-state index is 0.0917. The van der Waals surface area contributed by atoms with Gasteiger partial charge in [-0.15, -0.1) is 0 Å². The highest BCUT2D eigenvalue weighted by Crippen LogP contribution is 2.18. The lowest BCUT2D eigenvalue weighted by Crippen LogP contribution is -2.52. The largest absolute Gasteiger partial charge is 0.294 e. The van der Waals surface area contributed by atoms with E-state index in [0.29, 0.717) is 12.4 Å². The molecule has 1 aliphatic rings. The summed E-state index contributed by atoms with van der Waals surface area (Å²) in [6, 6.07) is 12.7. The molecule has 0 bridgehead atoms. The third-order valence-electron chi connectivity index (χ3n) is 3.94. The number of piperazine rings is 1. The molecule has 0 radical (unpaired) electrons. The summed E-state index contributed by atoms with van der Waals surface area (Å²) in [5.41, 5.74) is 1.74. The Morgan fingerprint density at radius 1 is 1.12 bits per heavy atom. The summed E-state index contributed by atoms with van der Waals surface area (Å²) >= 11 is 0. The molecule has 1 aliphatic heterocycles. The SMILES string of the molecule is Cc1cccc(CS(=O)(=O)N2CCN(c3ccccn3)C(=O)C2)c1. The smallest absolute Gasteiger partial charge is 0.243 e. The number of aromatic nitrogens is 1. The van der Waals surface area contributed by atoms with Crippen molar-refractivity contribution in [3.63, 3.8) is 0 Å². The van der Waals surface area contributed by atoms with Crippen LogP contribution in [0.15, 0.2) is 48.7 Å². The van der Waals surface area contributed by atoms with Crippen LogP contribution in [0.3, 0.4) is 0 Å². The van der Waals surface area contributed by atoms with Crippen molar-refractivity contribution in [3.8, 4) is 0 Å². The van der Waals surface area contributed by atoms with Crippen LogP contribution < -0.4 is 4.90 Å². The molecule has 0 spiro atoms. The highest BCUT2D eigenvalue weighted by atomic mass is 32.2. The van der Waals surface area contributed by atoms with Gasteiger partial charge in [0.25, 0.3) is 0 Å². The zero-order valence-electron chi connectivity index (χ0n) is 13.4. The molecule has 2 heterocycles. The lowest BCUT2D eigenvalue weighted by atomic mass is 10.2. The van der Waals surface area contributed by atoms with E-state index in [2.05, 4.69) is 4.98 Å². The normalized spacial score (nSPS) is 16.4. The van der Waals surface area contributed by atoms with Gasteiger partial charge in [0.05, 0.1) is 12.3 Å². The number of amides is 1. The molecule has 1 aromatic carbocycles. The summed E-state index contributed by atoms with van der Waals surface area (Å²) in [6.45, 7) is 2.36. The number of benzene rings is 1. The minimum Gasteiger partial charge on any atom is -0.294 e. The van der Waals surface area contributed by atoms with Gasteiger partial charge in [-0.2, -0.15) is 4.31 Å². The van der Waals surface area contributed by atoms with E-state index in [-0.39, 0.29) is 24.7 Å². The Morgan fingerprint density at radius 2 is 1.96 bits per heavy atom. The summed E-state index contributed by atoms with van der Waals surface area (Å²) in [4.78, 5) is 18.0. The average Bonchev–Trinajstić information content (AvgIpc) is 2.55. The molecular weight excluding hydrogens is 326 g/mol. The zero-order valence-corrected chi connectivity index (χ0v) is 14.2. The monoisotopic (exact) mass is 345 g/mol. The van der Waals surface area contributed by atoms with Gasteiger partial charge in [-0.25, -0.2) is 13.4 Å². The van der Waals surface area contributed by atoms with Gasteiger partial charge >= 0.3 is 0 Å². The second-order valence-corrected chi connectivity index (χ2v) is 7.78. The summed E-state index contributed by atoms with van der Waals surface area (Å²) < 4.78 is 26.5. The minimum atomic E-state index is -3.53. The fourth-order valence-corrected chi connectivity index (χ4v) is 4.20. The molecule has 1 saturated heterocycles. The number of carbonyl (C=O) groups excluding carboxylic acids is 1. The van der Waals surface area contributed by atoms with Crippen LogP contribution in [0.2, 0.25) is 0 Å². The summed E-state index contributed by atoms with van der Waals surface area (Å²) in [6.07, 6.45) is 1.61. The molecule has 1 fully saturated rings. The number of hydrogen-bond acceptors (Lipinski definition) is 4. The Morgan fingerprint density at radius 3 is 2.62 bits per heavy atom. The molecule has 1 aromatic heterocycles. The number of anilines is 1. The molecule has 0 N–H and O–H groups in total. The van der Waals surface area contributed by atoms with Gasteiger partial charge in [-0.3, -0.25) is 9.69 Å². The Labute approximate surface area is 141 Å². The first-order valence-corrected chi connectivity index (χ1v) is 9.31. The van der Waals surface area contributed by atoms with Crippen molar-refractivity contribution in [2.24, 2.45) is 0 Å². The van der Waals surface area contributed by atoms with Crippen LogP contribution in [-0.4, -0.2) is 43.2 Å². The van der Waals surface area contributed by atoms with E-state index < -0.39 is 10.0 Å². The highest BCUT2D eigenvalue weighted by molar-refractivity contribution is 7.88. The first-order chi connectivity index (χ1) is 11.5. The number of carbonyl (C=O) groups is 1. The van der Waals surface area contributed by atoms with Gasteiger partial charge in [0.15, 0.2) is 0 Å². The maximum Gasteiger partial charge on any atom is 0.243 e. The van der Waals surface area contributed by atoms with Gasteiger partial charge in [-0.1, -0.05) is 35.9 Å². The molecule has 7 heteroatoms. The second-order valence-electron chi connectivity index (χ2n) is 5.81. The molecule has 24 heavy (non-hydrogen) atoms. The molecule has 0 aliphatic carbocycles. The topological polar surface area (TPSA) is 70.6 Å². The molecular formula is C17H19N3O3S. The van der Waals surface area contributed by atoms with Crippen LogP contribution in [0, 0.1) is 6.92 Å². The first kappa shape index (κ1) is 16.6. The number of sulfonamides is 1. The quantitative estimate of drug-likeness (QED) is 0.843. The molecule has 6 nitrogen and oxygen atoms in total. The van der Waals surface area contributed by atoms with E-state index in [1.807, 2.05) is 25.1 Å². The van der Waals surface area contributed by atoms with E-state index >= 15 is 0 Å². The Hall–Kier alpha value is -2.25. The van der Waals surface area contributed by atoms with Crippen molar-refractivity contribution in [2.75, 3.05) is 24.5 Å². The molecule has 0 atom stereocenters. The molecule has 2 aromatic rings. The second kappa shape index (κ2) is 6.70. The predicted octanol–water partition coefficient (Wildman–Crippen LogP) is 1.57. The number of aryl methyl sites for hydroxylation is 1. The zero-order chi connectivity index (χ0) is 17.2. The standard InChI is InChI=1S/C17H19N3O3S/c1-14-5-4-6-15(11-14)13-24(22,23)19-9-10-20(17(21)12-19)16-7-2-3-8-18-16/h2-8,11H,9-10,12-13H2,1H3. The number of rotatable bonds is 4. The van der Waals surface area contributed by atoms with Gasteiger partial charge in [-0.05, 0) is 24.6 Å². The molecule has 1 amide bonds. The number of pyridine rings is 1. The van der Waals surface area contributed by atoms with Crippen molar-refractivity contribution >= 4 is 21.7 Å². The molecule has 0 unspecified atom stereocenters. The summed E-state index contributed by atoms with van der Waals surface area (Å²) in [7, 11) is -3.53. The van der Waals surface area contributed by atoms with Gasteiger partial charge in [0, 0.05) is 19.3 Å². The fourth-order valence-electron chi connectivity index (χ4n) is 2.75. The lowest BCUT2D eigenvalue weighted by Gasteiger charge is -2.33. The van der Waals surface area contributed by atoms with E-state index in [0.717, 1.165) is 11.1 Å². The first-order valence-electron chi connectivity index (χ1n) is 7.70. The Kier molecular flexibility index (Phi) is 4.64. The molecule has 0 saturated carbocycles. The maximum atomic E-state index is 12.6. The van der Waals surface area contributed by atoms with Crippen LogP contribution >= 0.6 is 0 Å². The van der Waals surface area contributed by atoms with Crippen molar-refractivity contribution in [2.45, 2.75) is 12.7 Å². The van der Waals surface area contributed by atoms with Crippen LogP contribution in [-0.2, 0) is 20.6 Å².